The summed E-state index contributed by atoms with van der Waals surface area (Å²) in [5, 5.41) is 0. The minimum atomic E-state index is -1.17. The first-order chi connectivity index (χ1) is 15.4. The van der Waals surface area contributed by atoms with E-state index in [9.17, 15) is 14.4 Å². The monoisotopic (exact) mass is 498 g/mol. The number of nitrogens with two attached hydrogens (primary N) is 1. The standard InChI is InChI=1S/C24H27BrN4O3/c25-20-10-8-19(9-11-20)17-28-21(30)24(29(22(26)31)23(28)32)12-15-27(16-13-24)14-4-7-18-5-2-1-3-6-18/h1-3,5-6,8-11H,4,7,12-17H2,(H2,26,31). The van der Waals surface area contributed by atoms with Crippen molar-refractivity contribution in [1.29, 1.82) is 0 Å². The van der Waals surface area contributed by atoms with E-state index in [0.29, 0.717) is 25.9 Å². The minimum absolute atomic E-state index is 0.122. The highest BCUT2D eigenvalue weighted by molar-refractivity contribution is 9.10. The molecule has 5 amide bonds. The molecule has 2 saturated heterocycles. The Balaban J connectivity index is 1.42. The van der Waals surface area contributed by atoms with E-state index in [1.807, 2.05) is 42.5 Å². The molecule has 2 N–H and O–H groups in total. The van der Waals surface area contributed by atoms with E-state index in [-0.39, 0.29) is 12.5 Å². The van der Waals surface area contributed by atoms with E-state index < -0.39 is 17.6 Å². The molecular weight excluding hydrogens is 472 g/mol. The molecular formula is C24H27BrN4O3. The Hall–Kier alpha value is -2.71. The molecule has 0 radical (unpaired) electrons. The number of hydrogen-bond acceptors (Lipinski definition) is 4. The Bertz CT molecular complexity index is 988. The zero-order chi connectivity index (χ0) is 22.7. The van der Waals surface area contributed by atoms with E-state index in [1.165, 1.54) is 10.5 Å². The average molecular weight is 499 g/mol. The van der Waals surface area contributed by atoms with E-state index in [4.69, 9.17) is 5.73 Å². The van der Waals surface area contributed by atoms with Gasteiger partial charge in [0.15, 0.2) is 0 Å². The molecule has 1 spiro atoms. The molecule has 0 aliphatic carbocycles. The van der Waals surface area contributed by atoms with Crippen molar-refractivity contribution >= 4 is 33.9 Å². The molecule has 2 heterocycles. The zero-order valence-corrected chi connectivity index (χ0v) is 19.5. The second-order valence-electron chi connectivity index (χ2n) is 8.44. The van der Waals surface area contributed by atoms with E-state index >= 15 is 0 Å². The van der Waals surface area contributed by atoms with Gasteiger partial charge in [-0.05, 0) is 55.5 Å². The van der Waals surface area contributed by atoms with Gasteiger partial charge in [0.2, 0.25) is 0 Å². The molecule has 2 aliphatic heterocycles. The van der Waals surface area contributed by atoms with Crippen molar-refractivity contribution in [2.45, 2.75) is 37.8 Å². The van der Waals surface area contributed by atoms with Crippen LogP contribution in [0.25, 0.3) is 0 Å². The third-order valence-corrected chi connectivity index (χ3v) is 6.96. The third-order valence-electron chi connectivity index (χ3n) is 6.43. The first-order valence-electron chi connectivity index (χ1n) is 10.9. The van der Waals surface area contributed by atoms with Crippen molar-refractivity contribution in [3.63, 3.8) is 0 Å². The van der Waals surface area contributed by atoms with Gasteiger partial charge in [-0.15, -0.1) is 0 Å². The van der Waals surface area contributed by atoms with Crippen LogP contribution in [0.4, 0.5) is 9.59 Å². The molecule has 168 valence electrons. The molecule has 32 heavy (non-hydrogen) atoms. The lowest BCUT2D eigenvalue weighted by Crippen LogP contribution is -2.59. The van der Waals surface area contributed by atoms with Crippen molar-refractivity contribution in [3.05, 3.63) is 70.2 Å². The summed E-state index contributed by atoms with van der Waals surface area (Å²) in [4.78, 5) is 43.1. The van der Waals surface area contributed by atoms with Crippen LogP contribution in [0.5, 0.6) is 0 Å². The molecule has 2 aromatic carbocycles. The molecule has 0 atom stereocenters. The lowest BCUT2D eigenvalue weighted by molar-refractivity contribution is -0.135. The predicted molar refractivity (Wildman–Crippen MR) is 125 cm³/mol. The van der Waals surface area contributed by atoms with E-state index in [2.05, 4.69) is 33.0 Å². The summed E-state index contributed by atoms with van der Waals surface area (Å²) in [6.07, 6.45) is 2.82. The number of benzene rings is 2. The van der Waals surface area contributed by atoms with Crippen molar-refractivity contribution < 1.29 is 14.4 Å². The zero-order valence-electron chi connectivity index (χ0n) is 17.9. The number of hydrogen-bond donors (Lipinski definition) is 1. The molecule has 0 aromatic heterocycles. The highest BCUT2D eigenvalue weighted by Crippen LogP contribution is 2.38. The summed E-state index contributed by atoms with van der Waals surface area (Å²) in [5.41, 5.74) is 6.53. The quantitative estimate of drug-likeness (QED) is 0.614. The van der Waals surface area contributed by atoms with E-state index in [1.54, 1.807) is 0 Å². The van der Waals surface area contributed by atoms with Gasteiger partial charge in [0.05, 0.1) is 6.54 Å². The summed E-state index contributed by atoms with van der Waals surface area (Å²) < 4.78 is 0.912. The number of amides is 5. The average Bonchev–Trinajstić information content (AvgIpc) is 2.98. The van der Waals surface area contributed by atoms with Crippen molar-refractivity contribution in [3.8, 4) is 0 Å². The number of aryl methyl sites for hydroxylation is 1. The van der Waals surface area contributed by atoms with Crippen LogP contribution in [0, 0.1) is 0 Å². The second kappa shape index (κ2) is 9.42. The number of rotatable bonds is 6. The predicted octanol–water partition coefficient (Wildman–Crippen LogP) is 3.76. The van der Waals surface area contributed by atoms with Gasteiger partial charge >= 0.3 is 12.1 Å². The SMILES string of the molecule is NC(=O)N1C(=O)N(Cc2ccc(Br)cc2)C(=O)C12CCN(CCCc1ccccc1)CC2. The van der Waals surface area contributed by atoms with Crippen LogP contribution in [-0.4, -0.2) is 57.8 Å². The molecule has 2 aliphatic rings. The number of carbonyl (C=O) groups excluding carboxylic acids is 3. The first-order valence-corrected chi connectivity index (χ1v) is 11.7. The van der Waals surface area contributed by atoms with Gasteiger partial charge in [-0.25, -0.2) is 14.5 Å². The number of nitrogens with zero attached hydrogens (tertiary/aromatic N) is 3. The van der Waals surface area contributed by atoms with Crippen LogP contribution >= 0.6 is 15.9 Å². The fourth-order valence-electron chi connectivity index (χ4n) is 4.69. The maximum absolute atomic E-state index is 13.4. The van der Waals surface area contributed by atoms with Crippen LogP contribution < -0.4 is 5.73 Å². The van der Waals surface area contributed by atoms with Crippen molar-refractivity contribution in [1.82, 2.24) is 14.7 Å². The normalized spacial score (nSPS) is 18.5. The molecule has 0 bridgehead atoms. The topological polar surface area (TPSA) is 87.0 Å². The lowest BCUT2D eigenvalue weighted by atomic mass is 9.85. The molecule has 0 saturated carbocycles. The summed E-state index contributed by atoms with van der Waals surface area (Å²) in [7, 11) is 0. The molecule has 0 unspecified atom stereocenters. The number of likely N-dealkylation sites (tertiary alicyclic amines) is 1. The largest absolute Gasteiger partial charge is 0.351 e. The van der Waals surface area contributed by atoms with Gasteiger partial charge < -0.3 is 10.6 Å². The maximum Gasteiger partial charge on any atom is 0.336 e. The third kappa shape index (κ3) is 4.42. The Labute approximate surface area is 196 Å². The van der Waals surface area contributed by atoms with E-state index in [0.717, 1.165) is 34.3 Å². The fourth-order valence-corrected chi connectivity index (χ4v) is 4.95. The first kappa shape index (κ1) is 22.5. The van der Waals surface area contributed by atoms with Crippen LogP contribution in [0.15, 0.2) is 59.1 Å². The summed E-state index contributed by atoms with van der Waals surface area (Å²) >= 11 is 3.38. The van der Waals surface area contributed by atoms with Gasteiger partial charge in [-0.1, -0.05) is 58.4 Å². The number of imide groups is 2. The summed E-state index contributed by atoms with van der Waals surface area (Å²) in [5.74, 6) is -0.326. The summed E-state index contributed by atoms with van der Waals surface area (Å²) in [6.45, 7) is 2.32. The van der Waals surface area contributed by atoms with Gasteiger partial charge in [-0.3, -0.25) is 9.69 Å². The number of piperidine rings is 1. The van der Waals surface area contributed by atoms with Crippen LogP contribution in [0.2, 0.25) is 0 Å². The van der Waals surface area contributed by atoms with Crippen LogP contribution in [0.3, 0.4) is 0 Å². The Morgan fingerprint density at radius 3 is 2.25 bits per heavy atom. The Morgan fingerprint density at radius 2 is 1.62 bits per heavy atom. The second-order valence-corrected chi connectivity index (χ2v) is 9.35. The number of halogens is 1. The maximum atomic E-state index is 13.4. The molecule has 2 fully saturated rings. The minimum Gasteiger partial charge on any atom is -0.351 e. The van der Waals surface area contributed by atoms with Crippen LogP contribution in [0.1, 0.15) is 30.4 Å². The van der Waals surface area contributed by atoms with Gasteiger partial charge in [0, 0.05) is 17.6 Å². The fraction of sp³-hybridized carbons (Fsp3) is 0.375. The van der Waals surface area contributed by atoms with Crippen LogP contribution in [-0.2, 0) is 17.8 Å². The summed E-state index contributed by atoms with van der Waals surface area (Å²) in [6, 6.07) is 16.3. The lowest BCUT2D eigenvalue weighted by Gasteiger charge is -2.40. The molecule has 2 aromatic rings. The van der Waals surface area contributed by atoms with Gasteiger partial charge in [0.1, 0.15) is 5.54 Å². The Kier molecular flexibility index (Phi) is 6.62. The highest BCUT2D eigenvalue weighted by Gasteiger charge is 2.60. The highest BCUT2D eigenvalue weighted by atomic mass is 79.9. The van der Waals surface area contributed by atoms with Crippen molar-refractivity contribution in [2.24, 2.45) is 5.73 Å². The smallest absolute Gasteiger partial charge is 0.336 e. The van der Waals surface area contributed by atoms with Gasteiger partial charge in [-0.2, -0.15) is 0 Å². The molecule has 7 nitrogen and oxygen atoms in total. The molecule has 8 heteroatoms. The number of primary amides is 1. The van der Waals surface area contributed by atoms with Gasteiger partial charge in [0.25, 0.3) is 5.91 Å². The van der Waals surface area contributed by atoms with Crippen molar-refractivity contribution in [2.75, 3.05) is 19.6 Å². The Morgan fingerprint density at radius 1 is 0.969 bits per heavy atom. The molecule has 4 rings (SSSR count). The number of urea groups is 2. The number of carbonyl (C=O) groups is 3.